The van der Waals surface area contributed by atoms with Gasteiger partial charge in [0.05, 0.1) is 0 Å². The first-order valence-corrected chi connectivity index (χ1v) is 5.76. The molecule has 0 saturated heterocycles. The molecule has 0 saturated carbocycles. The molecular formula is C14H15N3O. The van der Waals surface area contributed by atoms with Crippen molar-refractivity contribution >= 4 is 5.91 Å². The van der Waals surface area contributed by atoms with Gasteiger partial charge < -0.3 is 11.1 Å². The number of carbonyl (C=O) groups is 1. The van der Waals surface area contributed by atoms with Crippen LogP contribution in [0.3, 0.4) is 0 Å². The Balaban J connectivity index is 1.91. The number of aromatic nitrogens is 1. The fourth-order valence-electron chi connectivity index (χ4n) is 1.63. The summed E-state index contributed by atoms with van der Waals surface area (Å²) >= 11 is 0. The summed E-state index contributed by atoms with van der Waals surface area (Å²) in [7, 11) is 0. The first-order valence-electron chi connectivity index (χ1n) is 5.76. The number of hydrogen-bond acceptors (Lipinski definition) is 3. The van der Waals surface area contributed by atoms with Crippen LogP contribution in [-0.4, -0.2) is 17.4 Å². The predicted octanol–water partition coefficient (Wildman–Crippen LogP) is 1.51. The Kier molecular flexibility index (Phi) is 4.04. The molecule has 1 amide bonds. The third kappa shape index (κ3) is 3.15. The zero-order valence-electron chi connectivity index (χ0n) is 9.91. The van der Waals surface area contributed by atoms with Gasteiger partial charge >= 0.3 is 0 Å². The predicted molar refractivity (Wildman–Crippen MR) is 69.9 cm³/mol. The number of hydrogen-bond donors (Lipinski definition) is 2. The SMILES string of the molecule is NC(CNC(=O)c1ccncc1)c1ccccc1. The van der Waals surface area contributed by atoms with Crippen LogP contribution in [0, 0.1) is 0 Å². The molecule has 0 bridgehead atoms. The van der Waals surface area contributed by atoms with Crippen LogP contribution in [0.15, 0.2) is 54.9 Å². The molecule has 1 unspecified atom stereocenters. The number of amides is 1. The molecular weight excluding hydrogens is 226 g/mol. The Labute approximate surface area is 106 Å². The lowest BCUT2D eigenvalue weighted by Crippen LogP contribution is -2.31. The van der Waals surface area contributed by atoms with E-state index in [0.29, 0.717) is 12.1 Å². The van der Waals surface area contributed by atoms with Gasteiger partial charge in [0.25, 0.3) is 5.91 Å². The molecule has 2 rings (SSSR count). The van der Waals surface area contributed by atoms with Gasteiger partial charge in [-0.05, 0) is 17.7 Å². The number of nitrogens with one attached hydrogen (secondary N) is 1. The van der Waals surface area contributed by atoms with Crippen LogP contribution in [0.25, 0.3) is 0 Å². The van der Waals surface area contributed by atoms with E-state index < -0.39 is 0 Å². The number of rotatable bonds is 4. The van der Waals surface area contributed by atoms with E-state index in [0.717, 1.165) is 5.56 Å². The highest BCUT2D eigenvalue weighted by molar-refractivity contribution is 5.93. The van der Waals surface area contributed by atoms with E-state index in [1.54, 1.807) is 24.5 Å². The molecule has 4 nitrogen and oxygen atoms in total. The monoisotopic (exact) mass is 241 g/mol. The van der Waals surface area contributed by atoms with Crippen molar-refractivity contribution in [3.8, 4) is 0 Å². The van der Waals surface area contributed by atoms with E-state index in [1.807, 2.05) is 30.3 Å². The molecule has 0 aliphatic rings. The van der Waals surface area contributed by atoms with E-state index >= 15 is 0 Å². The minimum atomic E-state index is -0.197. The van der Waals surface area contributed by atoms with Crippen molar-refractivity contribution < 1.29 is 4.79 Å². The summed E-state index contributed by atoms with van der Waals surface area (Å²) in [5, 5.41) is 2.81. The van der Waals surface area contributed by atoms with Crippen LogP contribution < -0.4 is 11.1 Å². The standard InChI is InChI=1S/C14H15N3O/c15-13(11-4-2-1-3-5-11)10-17-14(18)12-6-8-16-9-7-12/h1-9,13H,10,15H2,(H,17,18). The lowest BCUT2D eigenvalue weighted by molar-refractivity contribution is 0.0951. The van der Waals surface area contributed by atoms with Crippen LogP contribution in [0.2, 0.25) is 0 Å². The number of pyridine rings is 1. The molecule has 1 atom stereocenters. The summed E-state index contributed by atoms with van der Waals surface area (Å²) in [4.78, 5) is 15.7. The van der Waals surface area contributed by atoms with Gasteiger partial charge in [-0.2, -0.15) is 0 Å². The molecule has 4 heteroatoms. The summed E-state index contributed by atoms with van der Waals surface area (Å²) in [6.07, 6.45) is 3.18. The molecule has 2 aromatic rings. The largest absolute Gasteiger partial charge is 0.350 e. The van der Waals surface area contributed by atoms with Gasteiger partial charge in [0.2, 0.25) is 0 Å². The van der Waals surface area contributed by atoms with E-state index in [2.05, 4.69) is 10.3 Å². The maximum Gasteiger partial charge on any atom is 0.251 e. The van der Waals surface area contributed by atoms with Crippen LogP contribution in [-0.2, 0) is 0 Å². The van der Waals surface area contributed by atoms with Crippen LogP contribution >= 0.6 is 0 Å². The molecule has 0 radical (unpaired) electrons. The van der Waals surface area contributed by atoms with Crippen molar-refractivity contribution in [2.24, 2.45) is 5.73 Å². The van der Waals surface area contributed by atoms with Crippen LogP contribution in [0.4, 0.5) is 0 Å². The van der Waals surface area contributed by atoms with E-state index in [9.17, 15) is 4.79 Å². The molecule has 3 N–H and O–H groups in total. The lowest BCUT2D eigenvalue weighted by atomic mass is 10.1. The lowest BCUT2D eigenvalue weighted by Gasteiger charge is -2.13. The molecule has 18 heavy (non-hydrogen) atoms. The second-order valence-corrected chi connectivity index (χ2v) is 3.96. The van der Waals surface area contributed by atoms with Crippen molar-refractivity contribution in [2.75, 3.05) is 6.54 Å². The van der Waals surface area contributed by atoms with Gasteiger partial charge in [0.1, 0.15) is 0 Å². The molecule has 0 aliphatic heterocycles. The van der Waals surface area contributed by atoms with Crippen molar-refractivity contribution in [2.45, 2.75) is 6.04 Å². The molecule has 1 aromatic heterocycles. The van der Waals surface area contributed by atoms with Crippen molar-refractivity contribution in [3.05, 3.63) is 66.0 Å². The summed E-state index contributed by atoms with van der Waals surface area (Å²) < 4.78 is 0. The van der Waals surface area contributed by atoms with Gasteiger partial charge in [0.15, 0.2) is 0 Å². The van der Waals surface area contributed by atoms with E-state index in [4.69, 9.17) is 5.73 Å². The van der Waals surface area contributed by atoms with E-state index in [1.165, 1.54) is 0 Å². The fourth-order valence-corrected chi connectivity index (χ4v) is 1.63. The molecule has 0 spiro atoms. The van der Waals surface area contributed by atoms with Crippen LogP contribution in [0.5, 0.6) is 0 Å². The number of nitrogens with zero attached hydrogens (tertiary/aromatic N) is 1. The third-order valence-corrected chi connectivity index (χ3v) is 2.65. The van der Waals surface area contributed by atoms with Crippen molar-refractivity contribution in [1.29, 1.82) is 0 Å². The number of carbonyl (C=O) groups excluding carboxylic acids is 1. The Morgan fingerprint density at radius 1 is 1.17 bits per heavy atom. The van der Waals surface area contributed by atoms with Gasteiger partial charge in [-0.3, -0.25) is 9.78 Å². The van der Waals surface area contributed by atoms with E-state index in [-0.39, 0.29) is 11.9 Å². The zero-order valence-corrected chi connectivity index (χ0v) is 9.91. The summed E-state index contributed by atoms with van der Waals surface area (Å²) in [6, 6.07) is 12.8. The first kappa shape index (κ1) is 12.3. The summed E-state index contributed by atoms with van der Waals surface area (Å²) in [5.74, 6) is -0.135. The Morgan fingerprint density at radius 3 is 2.50 bits per heavy atom. The van der Waals surface area contributed by atoms with Gasteiger partial charge in [-0.25, -0.2) is 0 Å². The zero-order chi connectivity index (χ0) is 12.8. The highest BCUT2D eigenvalue weighted by Gasteiger charge is 2.08. The highest BCUT2D eigenvalue weighted by atomic mass is 16.1. The second kappa shape index (κ2) is 5.93. The maximum atomic E-state index is 11.8. The van der Waals surface area contributed by atoms with Crippen LogP contribution in [0.1, 0.15) is 22.0 Å². The van der Waals surface area contributed by atoms with Gasteiger partial charge in [-0.15, -0.1) is 0 Å². The normalized spacial score (nSPS) is 11.8. The Bertz CT molecular complexity index is 499. The topological polar surface area (TPSA) is 68.0 Å². The molecule has 1 heterocycles. The average molecular weight is 241 g/mol. The molecule has 0 aliphatic carbocycles. The fraction of sp³-hybridized carbons (Fsp3) is 0.143. The number of benzene rings is 1. The third-order valence-electron chi connectivity index (χ3n) is 2.65. The van der Waals surface area contributed by atoms with Crippen molar-refractivity contribution in [1.82, 2.24) is 10.3 Å². The first-order chi connectivity index (χ1) is 8.77. The Morgan fingerprint density at radius 2 is 1.83 bits per heavy atom. The molecule has 1 aromatic carbocycles. The average Bonchev–Trinajstić information content (AvgIpc) is 2.46. The summed E-state index contributed by atoms with van der Waals surface area (Å²) in [5.41, 5.74) is 7.59. The highest BCUT2D eigenvalue weighted by Crippen LogP contribution is 2.08. The molecule has 92 valence electrons. The number of nitrogens with two attached hydrogens (primary N) is 1. The smallest absolute Gasteiger partial charge is 0.251 e. The van der Waals surface area contributed by atoms with Gasteiger partial charge in [0, 0.05) is 30.5 Å². The Hall–Kier alpha value is -2.20. The van der Waals surface area contributed by atoms with Gasteiger partial charge in [-0.1, -0.05) is 30.3 Å². The maximum absolute atomic E-state index is 11.8. The molecule has 0 fully saturated rings. The quantitative estimate of drug-likeness (QED) is 0.852. The minimum absolute atomic E-state index is 0.135. The van der Waals surface area contributed by atoms with Crippen molar-refractivity contribution in [3.63, 3.8) is 0 Å². The second-order valence-electron chi connectivity index (χ2n) is 3.96. The summed E-state index contributed by atoms with van der Waals surface area (Å²) in [6.45, 7) is 0.408. The minimum Gasteiger partial charge on any atom is -0.350 e.